The van der Waals surface area contributed by atoms with Crippen molar-refractivity contribution in [3.63, 3.8) is 0 Å². The van der Waals surface area contributed by atoms with Gasteiger partial charge in [-0.05, 0) is 12.3 Å². The minimum Gasteiger partial charge on any atom is -0.481 e. The fourth-order valence-electron chi connectivity index (χ4n) is 1.63. The Kier molecular flexibility index (Phi) is 3.28. The maximum absolute atomic E-state index is 11.3. The summed E-state index contributed by atoms with van der Waals surface area (Å²) in [6.45, 7) is 3.56. The van der Waals surface area contributed by atoms with Crippen molar-refractivity contribution in [2.24, 2.45) is 5.92 Å². The van der Waals surface area contributed by atoms with Gasteiger partial charge >= 0.3 is 5.97 Å². The molecule has 4 heteroatoms. The number of rotatable bonds is 3. The first kappa shape index (κ1) is 10.0. The van der Waals surface area contributed by atoms with E-state index in [9.17, 15) is 9.59 Å². The Hall–Kier alpha value is -1.06. The number of nitrogens with zero attached hydrogens (tertiary/aromatic N) is 1. The highest BCUT2D eigenvalue weighted by molar-refractivity contribution is 5.93. The zero-order valence-corrected chi connectivity index (χ0v) is 7.82. The Balaban J connectivity index is 2.37. The van der Waals surface area contributed by atoms with Crippen molar-refractivity contribution < 1.29 is 14.7 Å². The molecule has 0 radical (unpaired) electrons. The molecule has 1 aliphatic rings. The molecule has 0 aliphatic carbocycles. The van der Waals surface area contributed by atoms with E-state index in [1.54, 1.807) is 4.90 Å². The van der Waals surface area contributed by atoms with E-state index >= 15 is 0 Å². The summed E-state index contributed by atoms with van der Waals surface area (Å²) < 4.78 is 0. The van der Waals surface area contributed by atoms with Crippen molar-refractivity contribution >= 4 is 11.9 Å². The number of carbonyl (C=O) groups is 2. The molecule has 1 rings (SSSR count). The Labute approximate surface area is 77.5 Å². The molecule has 1 fully saturated rings. The second kappa shape index (κ2) is 4.25. The monoisotopic (exact) mass is 185 g/mol. The Morgan fingerprint density at radius 3 is 2.69 bits per heavy atom. The summed E-state index contributed by atoms with van der Waals surface area (Å²) in [5, 5.41) is 8.42. The van der Waals surface area contributed by atoms with Gasteiger partial charge in [0.15, 0.2) is 0 Å². The molecule has 4 nitrogen and oxygen atoms in total. The number of hydrogen-bond donors (Lipinski definition) is 1. The lowest BCUT2D eigenvalue weighted by atomic mass is 10.1. The lowest BCUT2D eigenvalue weighted by Gasteiger charge is -2.14. The van der Waals surface area contributed by atoms with Crippen molar-refractivity contribution in [3.05, 3.63) is 0 Å². The lowest BCUT2D eigenvalue weighted by Crippen LogP contribution is -2.30. The van der Waals surface area contributed by atoms with E-state index in [0.29, 0.717) is 5.92 Å². The summed E-state index contributed by atoms with van der Waals surface area (Å²) in [6.07, 6.45) is 1.72. The van der Waals surface area contributed by atoms with Gasteiger partial charge < -0.3 is 10.0 Å². The molecule has 1 atom stereocenters. The van der Waals surface area contributed by atoms with Crippen LogP contribution in [0, 0.1) is 5.92 Å². The summed E-state index contributed by atoms with van der Waals surface area (Å²) >= 11 is 0. The van der Waals surface area contributed by atoms with E-state index in [-0.39, 0.29) is 12.3 Å². The fourth-order valence-corrected chi connectivity index (χ4v) is 1.63. The quantitative estimate of drug-likeness (QED) is 0.659. The largest absolute Gasteiger partial charge is 0.481 e. The van der Waals surface area contributed by atoms with Crippen molar-refractivity contribution in [3.8, 4) is 0 Å². The second-order valence-electron chi connectivity index (χ2n) is 3.47. The van der Waals surface area contributed by atoms with Crippen LogP contribution in [0.25, 0.3) is 0 Å². The SMILES string of the molecule is CCC1CCN(C(=O)CC(=O)O)C1. The van der Waals surface area contributed by atoms with Gasteiger partial charge in [-0.25, -0.2) is 0 Å². The average molecular weight is 185 g/mol. The smallest absolute Gasteiger partial charge is 0.312 e. The number of carbonyl (C=O) groups excluding carboxylic acids is 1. The summed E-state index contributed by atoms with van der Waals surface area (Å²) in [7, 11) is 0. The van der Waals surface area contributed by atoms with Gasteiger partial charge in [-0.3, -0.25) is 9.59 Å². The molecule has 1 heterocycles. The van der Waals surface area contributed by atoms with Crippen LogP contribution in [0.1, 0.15) is 26.2 Å². The molecule has 0 spiro atoms. The molecule has 0 aromatic carbocycles. The molecule has 1 N–H and O–H groups in total. The molecule has 1 saturated heterocycles. The van der Waals surface area contributed by atoms with Gasteiger partial charge in [0, 0.05) is 13.1 Å². The van der Waals surface area contributed by atoms with Crippen LogP contribution in [-0.4, -0.2) is 35.0 Å². The first-order valence-corrected chi connectivity index (χ1v) is 4.63. The van der Waals surface area contributed by atoms with Crippen LogP contribution >= 0.6 is 0 Å². The van der Waals surface area contributed by atoms with Gasteiger partial charge in [-0.2, -0.15) is 0 Å². The summed E-state index contributed by atoms with van der Waals surface area (Å²) in [4.78, 5) is 23.2. The number of aliphatic carboxylic acids is 1. The molecule has 0 aromatic heterocycles. The van der Waals surface area contributed by atoms with E-state index in [4.69, 9.17) is 5.11 Å². The Bertz CT molecular complexity index is 215. The van der Waals surface area contributed by atoms with Crippen LogP contribution in [0.2, 0.25) is 0 Å². The van der Waals surface area contributed by atoms with E-state index in [1.165, 1.54) is 0 Å². The fraction of sp³-hybridized carbons (Fsp3) is 0.778. The summed E-state index contributed by atoms with van der Waals surface area (Å²) in [5.74, 6) is -0.717. The normalized spacial score (nSPS) is 21.9. The highest BCUT2D eigenvalue weighted by Crippen LogP contribution is 2.19. The summed E-state index contributed by atoms with van der Waals surface area (Å²) in [5.41, 5.74) is 0. The molecule has 74 valence electrons. The minimum absolute atomic E-state index is 0.247. The first-order chi connectivity index (χ1) is 6.13. The average Bonchev–Trinajstić information content (AvgIpc) is 2.50. The van der Waals surface area contributed by atoms with Crippen LogP contribution < -0.4 is 0 Å². The van der Waals surface area contributed by atoms with Crippen molar-refractivity contribution in [2.75, 3.05) is 13.1 Å². The zero-order chi connectivity index (χ0) is 9.84. The predicted octanol–water partition coefficient (Wildman–Crippen LogP) is 0.720. The first-order valence-electron chi connectivity index (χ1n) is 4.63. The maximum atomic E-state index is 11.3. The number of hydrogen-bond acceptors (Lipinski definition) is 2. The Morgan fingerprint density at radius 2 is 2.23 bits per heavy atom. The molecular formula is C9H15NO3. The number of carboxylic acids is 1. The van der Waals surface area contributed by atoms with Crippen LogP contribution in [-0.2, 0) is 9.59 Å². The topological polar surface area (TPSA) is 57.6 Å². The Morgan fingerprint density at radius 1 is 1.54 bits per heavy atom. The lowest BCUT2D eigenvalue weighted by molar-refractivity contribution is -0.143. The molecule has 1 amide bonds. The number of carboxylic acid groups (broad SMARTS) is 1. The zero-order valence-electron chi connectivity index (χ0n) is 7.82. The van der Waals surface area contributed by atoms with Gasteiger partial charge in [0.1, 0.15) is 6.42 Å². The van der Waals surface area contributed by atoms with Crippen molar-refractivity contribution in [1.29, 1.82) is 0 Å². The predicted molar refractivity (Wildman–Crippen MR) is 47.2 cm³/mol. The minimum atomic E-state index is -1.04. The third-order valence-electron chi connectivity index (χ3n) is 2.52. The molecule has 1 aliphatic heterocycles. The van der Waals surface area contributed by atoms with Crippen molar-refractivity contribution in [1.82, 2.24) is 4.90 Å². The van der Waals surface area contributed by atoms with Gasteiger partial charge in [0.25, 0.3) is 0 Å². The van der Waals surface area contributed by atoms with Crippen molar-refractivity contribution in [2.45, 2.75) is 26.2 Å². The van der Waals surface area contributed by atoms with Gasteiger partial charge in [0.05, 0.1) is 0 Å². The van der Waals surface area contributed by atoms with Gasteiger partial charge in [0.2, 0.25) is 5.91 Å². The van der Waals surface area contributed by atoms with Crippen LogP contribution in [0.3, 0.4) is 0 Å². The molecule has 1 unspecified atom stereocenters. The summed E-state index contributed by atoms with van der Waals surface area (Å²) in [6, 6.07) is 0. The maximum Gasteiger partial charge on any atom is 0.312 e. The van der Waals surface area contributed by atoms with Crippen LogP contribution in [0.15, 0.2) is 0 Å². The van der Waals surface area contributed by atoms with Gasteiger partial charge in [-0.15, -0.1) is 0 Å². The van der Waals surface area contributed by atoms with E-state index < -0.39 is 5.97 Å². The van der Waals surface area contributed by atoms with E-state index in [2.05, 4.69) is 6.92 Å². The molecule has 0 aromatic rings. The standard InChI is InChI=1S/C9H15NO3/c1-2-7-3-4-10(6-7)8(11)5-9(12)13/h7H,2-6H2,1H3,(H,12,13). The third-order valence-corrected chi connectivity index (χ3v) is 2.52. The van der Waals surface area contributed by atoms with E-state index in [0.717, 1.165) is 25.9 Å². The molecule has 0 saturated carbocycles. The highest BCUT2D eigenvalue weighted by Gasteiger charge is 2.25. The van der Waals surface area contributed by atoms with Crippen LogP contribution in [0.5, 0.6) is 0 Å². The number of likely N-dealkylation sites (tertiary alicyclic amines) is 1. The molecule has 13 heavy (non-hydrogen) atoms. The van der Waals surface area contributed by atoms with Gasteiger partial charge in [-0.1, -0.05) is 13.3 Å². The highest BCUT2D eigenvalue weighted by atomic mass is 16.4. The van der Waals surface area contributed by atoms with E-state index in [1.807, 2.05) is 0 Å². The second-order valence-corrected chi connectivity index (χ2v) is 3.47. The number of amides is 1. The molecule has 0 bridgehead atoms. The molecular weight excluding hydrogens is 170 g/mol. The third kappa shape index (κ3) is 2.72. The van der Waals surface area contributed by atoms with Crippen LogP contribution in [0.4, 0.5) is 0 Å².